The largest absolute Gasteiger partial charge is 0.371 e. The average molecular weight is 1650 g/mol. The molecule has 122 heavy (non-hydrogen) atoms. The number of nitrogens with one attached hydrogen (secondary N) is 6. The second-order valence-electron chi connectivity index (χ2n) is 37.7. The van der Waals surface area contributed by atoms with E-state index in [2.05, 4.69) is 79.8 Å². The molecule has 3 unspecified atom stereocenters. The Hall–Kier alpha value is -11.5. The van der Waals surface area contributed by atoms with E-state index in [-0.39, 0.29) is 70.8 Å². The fourth-order valence-corrected chi connectivity index (χ4v) is 24.1. The summed E-state index contributed by atoms with van der Waals surface area (Å²) in [5, 5.41) is 11.4. The molecule has 6 amide bonds. The maximum atomic E-state index is 16.9. The standard InChI is InChI=1S/C94H102F2N18O8/c1-105-48-93(49-105)46-100-90(120)81-79-58(37-57-44-98-70(42-66(57)83(79)104-86(81)93)63-13-9-60(39-68(63)96)110-29-21-53(22-30-110)36-55-25-33-112(34-26-55)72-5-4-6-73-84(72)107(3)92(122)114(73)75-16-18-78(116)102-88(75)118)45-108-50-94(51-108)47-99-89(119)80-64-11-7-56-43-97-69(41-65(56)82(64)103-85(80)94)62-12-8-59(38-67(62)95)109-27-19-52(20-28-109)35-54-23-31-111(32-24-54)61-10-14-71-76(40-61)106(2)91(121)113(71)74-15-17-77(115)101-87(74)117/h4-6,8-10,12-14,38-44,52-55,58,74-75,103-104H,7,11,15-37,45-51H2,1-3H3,(H,99,119)(H,100,120)(H,101,115,117)(H,102,116,118). The number of pyridine rings is 2. The first-order valence-corrected chi connectivity index (χ1v) is 44.3. The number of amides is 6. The summed E-state index contributed by atoms with van der Waals surface area (Å²) < 4.78 is 40.0. The van der Waals surface area contributed by atoms with E-state index in [1.807, 2.05) is 73.1 Å². The fourth-order valence-electron chi connectivity index (χ4n) is 24.1. The summed E-state index contributed by atoms with van der Waals surface area (Å²) in [6.45, 7) is 11.6. The highest BCUT2D eigenvalue weighted by Gasteiger charge is 2.55. The Balaban J connectivity index is 0.443. The van der Waals surface area contributed by atoms with Gasteiger partial charge in [0, 0.05) is 194 Å². The lowest BCUT2D eigenvalue weighted by Crippen LogP contribution is -2.66. The van der Waals surface area contributed by atoms with Crippen LogP contribution < -0.4 is 52.2 Å². The minimum atomic E-state index is -0.733. The van der Waals surface area contributed by atoms with Crippen LogP contribution in [0.1, 0.15) is 162 Å². The van der Waals surface area contributed by atoms with Crippen LogP contribution in [0.25, 0.3) is 67.1 Å². The highest BCUT2D eigenvalue weighted by atomic mass is 19.1. The molecular formula is C94H102F2N18O8. The SMILES string of the molecule is CN1CC2(CNC(=O)c3c2[nH]c2c3C(CN3CC4(CNC(=O)c5c4[nH]c4c5CCc5cnc(-c6ccc(N7CCC(CC8CCN(c9ccc%10c(c9)n(C)c(=O)n%10C9CCC(=O)NC9=O)CC8)CC7)cc6F)cc5-4)C3)Cc3cnc(-c4ccc(N5CCC(CC6CCN(c7cccc8c7n(C)c(=O)n8C7CCC(=O)NC7=O)CC6)CC5)cc4F)cc3-2)C1. The number of benzene rings is 4. The molecule has 0 saturated carbocycles. The van der Waals surface area contributed by atoms with E-state index in [1.54, 1.807) is 39.9 Å². The first-order valence-electron chi connectivity index (χ1n) is 44.3. The predicted molar refractivity (Wildman–Crippen MR) is 461 cm³/mol. The Morgan fingerprint density at radius 2 is 0.959 bits per heavy atom. The monoisotopic (exact) mass is 1650 g/mol. The third kappa shape index (κ3) is 12.7. The summed E-state index contributed by atoms with van der Waals surface area (Å²) in [7, 11) is 5.61. The second-order valence-corrected chi connectivity index (χ2v) is 37.7. The van der Waals surface area contributed by atoms with Crippen molar-refractivity contribution in [1.29, 1.82) is 0 Å². The molecular weight excluding hydrogens is 1550 g/mol. The zero-order valence-electron chi connectivity index (χ0n) is 69.3. The normalized spacial score (nSPS) is 22.6. The maximum absolute atomic E-state index is 16.9. The number of halogens is 2. The minimum Gasteiger partial charge on any atom is -0.371 e. The van der Waals surface area contributed by atoms with Crippen molar-refractivity contribution >= 4 is 80.3 Å². The fraction of sp³-hybridized carbons (Fsp3) is 0.468. The number of hydrogen-bond acceptors (Lipinski definition) is 16. The Bertz CT molecular complexity index is 6180. The number of aromatic nitrogens is 8. The maximum Gasteiger partial charge on any atom is 0.329 e. The number of imide groups is 2. The van der Waals surface area contributed by atoms with Crippen LogP contribution in [0.5, 0.6) is 0 Å². The predicted octanol–water partition coefficient (Wildman–Crippen LogP) is 10.0. The van der Waals surface area contributed by atoms with Gasteiger partial charge < -0.3 is 50.0 Å². The first-order chi connectivity index (χ1) is 59.1. The Morgan fingerprint density at radius 3 is 1.52 bits per heavy atom. The molecule has 10 aliphatic heterocycles. The number of likely N-dealkylation sites (tertiary alicyclic amines) is 2. The van der Waals surface area contributed by atoms with Crippen molar-refractivity contribution in [2.45, 2.75) is 138 Å². The van der Waals surface area contributed by atoms with Gasteiger partial charge in [-0.05, 0) is 228 Å². The molecule has 6 aromatic heterocycles. The third-order valence-corrected chi connectivity index (χ3v) is 30.4. The number of aryl methyl sites for hydroxylation is 3. The lowest BCUT2D eigenvalue weighted by atomic mass is 9.70. The molecule has 26 nitrogen and oxygen atoms in total. The number of aromatic amines is 2. The number of fused-ring (bicyclic) bond motifs is 14. The molecule has 3 atom stereocenters. The van der Waals surface area contributed by atoms with Crippen LogP contribution in [0.4, 0.5) is 31.5 Å². The minimum absolute atomic E-state index is 0.0755. The smallest absolute Gasteiger partial charge is 0.329 e. The van der Waals surface area contributed by atoms with E-state index in [0.717, 1.165) is 225 Å². The summed E-state index contributed by atoms with van der Waals surface area (Å²) in [6, 6.07) is 25.7. The average Bonchev–Trinajstić information content (AvgIpc) is 1.54. The number of carbonyl (C=O) groups excluding carboxylic acids is 6. The number of nitrogens with zero attached hydrogens (tertiary/aromatic N) is 12. The molecule has 630 valence electrons. The Morgan fingerprint density at radius 1 is 0.467 bits per heavy atom. The van der Waals surface area contributed by atoms with Gasteiger partial charge in [0.2, 0.25) is 23.6 Å². The van der Waals surface area contributed by atoms with Gasteiger partial charge in [0.05, 0.1) is 72.5 Å². The van der Waals surface area contributed by atoms with E-state index < -0.39 is 29.3 Å². The number of rotatable bonds is 14. The molecule has 16 heterocycles. The van der Waals surface area contributed by atoms with Gasteiger partial charge in [-0.1, -0.05) is 6.07 Å². The Kier molecular flexibility index (Phi) is 18.4. The van der Waals surface area contributed by atoms with Crippen molar-refractivity contribution in [1.82, 2.24) is 69.3 Å². The van der Waals surface area contributed by atoms with Crippen molar-refractivity contribution in [3.63, 3.8) is 0 Å². The summed E-state index contributed by atoms with van der Waals surface area (Å²) in [4.78, 5) is 137. The van der Waals surface area contributed by atoms with Crippen LogP contribution in [-0.4, -0.2) is 189 Å². The van der Waals surface area contributed by atoms with E-state index in [0.29, 0.717) is 128 Å². The van der Waals surface area contributed by atoms with Crippen LogP contribution in [0.2, 0.25) is 0 Å². The van der Waals surface area contributed by atoms with Gasteiger partial charge >= 0.3 is 11.4 Å². The van der Waals surface area contributed by atoms with Crippen molar-refractivity contribution in [2.24, 2.45) is 37.8 Å². The third-order valence-electron chi connectivity index (χ3n) is 30.4. The molecule has 0 bridgehead atoms. The number of hydrogen-bond donors (Lipinski definition) is 6. The van der Waals surface area contributed by atoms with Crippen molar-refractivity contribution < 1.29 is 37.5 Å². The number of likely N-dealkylation sites (N-methyl/N-ethyl adjacent to an activating group) is 1. The highest BCUT2D eigenvalue weighted by Crippen LogP contribution is 2.52. The lowest BCUT2D eigenvalue weighted by molar-refractivity contribution is -0.137. The number of carbonyl (C=O) groups is 6. The molecule has 2 aliphatic carbocycles. The van der Waals surface area contributed by atoms with Gasteiger partial charge in [-0.2, -0.15) is 0 Å². The van der Waals surface area contributed by atoms with Gasteiger partial charge in [0.15, 0.2) is 0 Å². The van der Waals surface area contributed by atoms with Gasteiger partial charge in [0.25, 0.3) is 11.8 Å². The van der Waals surface area contributed by atoms with Crippen LogP contribution in [-0.2, 0) is 63.4 Å². The zero-order chi connectivity index (χ0) is 83.0. The first kappa shape index (κ1) is 76.6. The van der Waals surface area contributed by atoms with Gasteiger partial charge in [0.1, 0.15) is 23.7 Å². The quantitative estimate of drug-likeness (QED) is 0.0552. The van der Waals surface area contributed by atoms with E-state index in [9.17, 15) is 38.4 Å². The van der Waals surface area contributed by atoms with Crippen LogP contribution >= 0.6 is 0 Å². The summed E-state index contributed by atoms with van der Waals surface area (Å²) >= 11 is 0. The van der Waals surface area contributed by atoms with Gasteiger partial charge in [-0.15, -0.1) is 0 Å². The molecule has 2 spiro atoms. The molecule has 10 aromatic rings. The summed E-state index contributed by atoms with van der Waals surface area (Å²) in [5.41, 5.74) is 18.6. The van der Waals surface area contributed by atoms with Crippen LogP contribution in [0, 0.1) is 35.3 Å². The van der Waals surface area contributed by atoms with E-state index >= 15 is 8.78 Å². The number of para-hydroxylation sites is 1. The number of H-pyrrole nitrogens is 2. The number of piperidine rings is 6. The van der Waals surface area contributed by atoms with E-state index in [1.165, 1.54) is 4.57 Å². The molecule has 0 radical (unpaired) electrons. The molecule has 6 N–H and O–H groups in total. The number of anilines is 4. The Labute approximate surface area is 703 Å². The number of imidazole rings is 2. The molecule has 8 fully saturated rings. The van der Waals surface area contributed by atoms with Crippen LogP contribution in [0.15, 0.2) is 107 Å². The highest BCUT2D eigenvalue weighted by molar-refractivity contribution is 6.04. The van der Waals surface area contributed by atoms with Crippen molar-refractivity contribution in [3.8, 4) is 45.0 Å². The molecule has 12 aliphatic rings. The topological polar surface area (TPSA) is 281 Å². The van der Waals surface area contributed by atoms with Crippen molar-refractivity contribution in [3.05, 3.63) is 175 Å². The zero-order valence-corrected chi connectivity index (χ0v) is 69.3. The second kappa shape index (κ2) is 29.4. The summed E-state index contributed by atoms with van der Waals surface area (Å²) in [5.74, 6) is -0.0779. The van der Waals surface area contributed by atoms with E-state index in [4.69, 9.17) is 9.97 Å². The molecule has 22 rings (SSSR count). The summed E-state index contributed by atoms with van der Waals surface area (Å²) in [6.07, 6.45) is 17.4. The molecule has 4 aromatic carbocycles. The molecule has 8 saturated heterocycles. The molecule has 28 heteroatoms. The lowest BCUT2D eigenvalue weighted by Gasteiger charge is -2.53. The van der Waals surface area contributed by atoms with Crippen molar-refractivity contribution in [2.75, 3.05) is 125 Å². The van der Waals surface area contributed by atoms with Crippen LogP contribution in [0.3, 0.4) is 0 Å². The van der Waals surface area contributed by atoms with Gasteiger partial charge in [-0.25, -0.2) is 18.4 Å². The van der Waals surface area contributed by atoms with Gasteiger partial charge in [-0.3, -0.25) is 67.6 Å².